The molecule has 1 aliphatic rings. The first-order valence-corrected chi connectivity index (χ1v) is 9.68. The molecule has 0 aliphatic carbocycles. The van der Waals surface area contributed by atoms with E-state index in [2.05, 4.69) is 4.98 Å². The smallest absolute Gasteiger partial charge is 0.264 e. The largest absolute Gasteiger partial charge is 0.375 e. The SMILES string of the molecule is O=C(C[C@]1(O)C(=O)N(CCc2ccccc2)c2ccc(Cl)cc21)c1ccncc1. The summed E-state index contributed by atoms with van der Waals surface area (Å²) in [6, 6.07) is 17.9. The van der Waals surface area contributed by atoms with Crippen molar-refractivity contribution in [2.75, 3.05) is 11.4 Å². The van der Waals surface area contributed by atoms with Crippen molar-refractivity contribution in [2.45, 2.75) is 18.4 Å². The molecule has 2 aromatic carbocycles. The molecule has 0 fully saturated rings. The Balaban J connectivity index is 1.65. The van der Waals surface area contributed by atoms with Gasteiger partial charge in [-0.1, -0.05) is 41.9 Å². The van der Waals surface area contributed by atoms with Crippen molar-refractivity contribution in [1.29, 1.82) is 0 Å². The third-order valence-corrected chi connectivity index (χ3v) is 5.41. The number of Topliss-reactive ketones (excluding diaryl/α,β-unsaturated/α-hetero) is 1. The predicted molar refractivity (Wildman–Crippen MR) is 111 cm³/mol. The number of hydrogen-bond acceptors (Lipinski definition) is 4. The minimum Gasteiger partial charge on any atom is -0.375 e. The van der Waals surface area contributed by atoms with Crippen molar-refractivity contribution in [2.24, 2.45) is 0 Å². The second-order valence-corrected chi connectivity index (χ2v) is 7.49. The van der Waals surface area contributed by atoms with E-state index >= 15 is 0 Å². The van der Waals surface area contributed by atoms with Crippen LogP contribution in [-0.2, 0) is 16.8 Å². The summed E-state index contributed by atoms with van der Waals surface area (Å²) in [4.78, 5) is 31.4. The molecule has 1 aliphatic heterocycles. The number of nitrogens with zero attached hydrogens (tertiary/aromatic N) is 2. The number of amides is 1. The highest BCUT2D eigenvalue weighted by Crippen LogP contribution is 2.44. The van der Waals surface area contributed by atoms with E-state index < -0.39 is 11.5 Å². The van der Waals surface area contributed by atoms with E-state index in [1.807, 2.05) is 30.3 Å². The van der Waals surface area contributed by atoms with E-state index in [0.717, 1.165) is 5.56 Å². The van der Waals surface area contributed by atoms with Gasteiger partial charge in [0.15, 0.2) is 11.4 Å². The lowest BCUT2D eigenvalue weighted by molar-refractivity contribution is -0.135. The lowest BCUT2D eigenvalue weighted by Gasteiger charge is -2.23. The number of carbonyl (C=O) groups is 2. The Morgan fingerprint density at radius 2 is 1.79 bits per heavy atom. The maximum Gasteiger partial charge on any atom is 0.264 e. The van der Waals surface area contributed by atoms with Crippen LogP contribution in [0.15, 0.2) is 73.1 Å². The Hall–Kier alpha value is -3.02. The average Bonchev–Trinajstić information content (AvgIpc) is 2.94. The van der Waals surface area contributed by atoms with Gasteiger partial charge in [0, 0.05) is 35.1 Å². The topological polar surface area (TPSA) is 70.5 Å². The molecule has 4 rings (SSSR count). The summed E-state index contributed by atoms with van der Waals surface area (Å²) in [6.45, 7) is 0.392. The highest BCUT2D eigenvalue weighted by Gasteiger charge is 2.50. The number of rotatable bonds is 6. The zero-order valence-corrected chi connectivity index (χ0v) is 16.3. The Morgan fingerprint density at radius 1 is 1.07 bits per heavy atom. The Morgan fingerprint density at radius 3 is 2.52 bits per heavy atom. The molecule has 1 N–H and O–H groups in total. The first-order valence-electron chi connectivity index (χ1n) is 9.30. The highest BCUT2D eigenvalue weighted by molar-refractivity contribution is 6.31. The van der Waals surface area contributed by atoms with Crippen LogP contribution in [0.2, 0.25) is 5.02 Å². The normalized spacial score (nSPS) is 18.0. The fraction of sp³-hybridized carbons (Fsp3) is 0.174. The fourth-order valence-electron chi connectivity index (χ4n) is 3.67. The van der Waals surface area contributed by atoms with Gasteiger partial charge in [-0.3, -0.25) is 14.6 Å². The molecule has 2 heterocycles. The van der Waals surface area contributed by atoms with Crippen molar-refractivity contribution in [3.8, 4) is 0 Å². The van der Waals surface area contributed by atoms with Gasteiger partial charge in [0.25, 0.3) is 5.91 Å². The number of benzene rings is 2. The molecular weight excluding hydrogens is 388 g/mol. The average molecular weight is 407 g/mol. The van der Waals surface area contributed by atoms with E-state index in [1.165, 1.54) is 12.4 Å². The molecule has 1 aromatic heterocycles. The first kappa shape index (κ1) is 19.3. The maximum atomic E-state index is 13.3. The van der Waals surface area contributed by atoms with Crippen molar-refractivity contribution in [1.82, 2.24) is 4.98 Å². The standard InChI is InChI=1S/C23H19ClN2O3/c24-18-6-7-20-19(14-18)23(29,15-21(27)17-8-11-25-12-9-17)22(28)26(20)13-10-16-4-2-1-3-5-16/h1-9,11-12,14,29H,10,13,15H2/t23-/m1/s1. The molecule has 5 nitrogen and oxygen atoms in total. The van der Waals surface area contributed by atoms with Crippen LogP contribution in [-0.4, -0.2) is 28.3 Å². The zero-order chi connectivity index (χ0) is 20.4. The number of fused-ring (bicyclic) bond motifs is 1. The second kappa shape index (κ2) is 7.78. The van der Waals surface area contributed by atoms with Gasteiger partial charge in [-0.25, -0.2) is 0 Å². The molecule has 3 aromatic rings. The summed E-state index contributed by atoms with van der Waals surface area (Å²) in [7, 11) is 0. The Kier molecular flexibility index (Phi) is 5.18. The van der Waals surface area contributed by atoms with Crippen LogP contribution in [0.4, 0.5) is 5.69 Å². The number of ketones is 1. The third kappa shape index (κ3) is 3.67. The summed E-state index contributed by atoms with van der Waals surface area (Å²) < 4.78 is 0. The van der Waals surface area contributed by atoms with Crippen molar-refractivity contribution in [3.05, 3.63) is 94.8 Å². The quantitative estimate of drug-likeness (QED) is 0.632. The van der Waals surface area contributed by atoms with Gasteiger partial charge in [0.1, 0.15) is 0 Å². The number of pyridine rings is 1. The van der Waals surface area contributed by atoms with E-state index in [9.17, 15) is 14.7 Å². The summed E-state index contributed by atoms with van der Waals surface area (Å²) in [5, 5.41) is 11.7. The molecule has 1 amide bonds. The summed E-state index contributed by atoms with van der Waals surface area (Å²) in [6.07, 6.45) is 3.28. The number of aromatic nitrogens is 1. The van der Waals surface area contributed by atoms with Gasteiger partial charge in [0.05, 0.1) is 12.1 Å². The van der Waals surface area contributed by atoms with Crippen LogP contribution in [0.5, 0.6) is 0 Å². The van der Waals surface area contributed by atoms with Crippen LogP contribution < -0.4 is 4.90 Å². The van der Waals surface area contributed by atoms with Gasteiger partial charge in [-0.15, -0.1) is 0 Å². The fourth-order valence-corrected chi connectivity index (χ4v) is 3.85. The molecule has 0 radical (unpaired) electrons. The van der Waals surface area contributed by atoms with E-state index in [1.54, 1.807) is 35.2 Å². The van der Waals surface area contributed by atoms with Crippen LogP contribution in [0.25, 0.3) is 0 Å². The Bertz CT molecular complexity index is 1060. The van der Waals surface area contributed by atoms with E-state index in [0.29, 0.717) is 34.8 Å². The molecule has 0 spiro atoms. The third-order valence-electron chi connectivity index (χ3n) is 5.18. The number of anilines is 1. The predicted octanol–water partition coefficient (Wildman–Crippen LogP) is 3.78. The van der Waals surface area contributed by atoms with Gasteiger partial charge in [0.2, 0.25) is 0 Å². The lowest BCUT2D eigenvalue weighted by atomic mass is 9.88. The van der Waals surface area contributed by atoms with Gasteiger partial charge in [-0.05, 0) is 42.3 Å². The van der Waals surface area contributed by atoms with Crippen molar-refractivity contribution in [3.63, 3.8) is 0 Å². The molecule has 0 bridgehead atoms. The Labute approximate surface area is 173 Å². The van der Waals surface area contributed by atoms with E-state index in [4.69, 9.17) is 11.6 Å². The summed E-state index contributed by atoms with van der Waals surface area (Å²) in [5.41, 5.74) is 0.481. The molecular formula is C23H19ClN2O3. The first-order chi connectivity index (χ1) is 14.0. The highest BCUT2D eigenvalue weighted by atomic mass is 35.5. The second-order valence-electron chi connectivity index (χ2n) is 7.05. The molecule has 0 saturated heterocycles. The monoisotopic (exact) mass is 406 g/mol. The number of carbonyl (C=O) groups excluding carboxylic acids is 2. The molecule has 29 heavy (non-hydrogen) atoms. The van der Waals surface area contributed by atoms with Gasteiger partial charge >= 0.3 is 0 Å². The van der Waals surface area contributed by atoms with Crippen LogP contribution in [0.3, 0.4) is 0 Å². The summed E-state index contributed by atoms with van der Waals surface area (Å²) in [5.74, 6) is -0.841. The van der Waals surface area contributed by atoms with Crippen molar-refractivity contribution >= 4 is 29.0 Å². The summed E-state index contributed by atoms with van der Waals surface area (Å²) >= 11 is 6.14. The van der Waals surface area contributed by atoms with Crippen LogP contribution in [0, 0.1) is 0 Å². The van der Waals surface area contributed by atoms with E-state index in [-0.39, 0.29) is 12.2 Å². The molecule has 146 valence electrons. The number of aliphatic hydroxyl groups is 1. The van der Waals surface area contributed by atoms with Crippen LogP contribution in [0.1, 0.15) is 27.9 Å². The van der Waals surface area contributed by atoms with Gasteiger partial charge < -0.3 is 10.0 Å². The molecule has 0 unspecified atom stereocenters. The minimum atomic E-state index is -1.95. The maximum absolute atomic E-state index is 13.3. The molecule has 6 heteroatoms. The van der Waals surface area contributed by atoms with Gasteiger partial charge in [-0.2, -0.15) is 0 Å². The lowest BCUT2D eigenvalue weighted by Crippen LogP contribution is -2.42. The molecule has 0 saturated carbocycles. The van der Waals surface area contributed by atoms with Crippen LogP contribution >= 0.6 is 11.6 Å². The minimum absolute atomic E-state index is 0.334. The van der Waals surface area contributed by atoms with Crippen molar-refractivity contribution < 1.29 is 14.7 Å². The zero-order valence-electron chi connectivity index (χ0n) is 15.6. The number of hydrogen-bond donors (Lipinski definition) is 1. The molecule has 1 atom stereocenters. The number of halogens is 1.